The summed E-state index contributed by atoms with van der Waals surface area (Å²) in [7, 11) is 0. The molecule has 1 heteroatoms. The standard InChI is InChI=1S/C22H17N/c23-20-14-19-8-4-5-9-21(19)22(15-20)18-12-10-17(11-13-18)16-6-2-1-3-7-16/h1-15H,23H2/i1D,2D,3D,6D,7D,10D,11D,12D,13D. The first kappa shape index (κ1) is 7.01. The lowest BCUT2D eigenvalue weighted by atomic mass is 9.95. The van der Waals surface area contributed by atoms with Crippen LogP contribution in [0.5, 0.6) is 0 Å². The Morgan fingerprint density at radius 2 is 1.35 bits per heavy atom. The summed E-state index contributed by atoms with van der Waals surface area (Å²) in [5, 5.41) is 1.46. The Bertz CT molecular complexity index is 1370. The lowest BCUT2D eigenvalue weighted by Gasteiger charge is -2.10. The third kappa shape index (κ3) is 2.58. The molecule has 0 heterocycles. The van der Waals surface area contributed by atoms with E-state index in [9.17, 15) is 0 Å². The number of anilines is 1. The van der Waals surface area contributed by atoms with E-state index in [-0.39, 0.29) is 28.8 Å². The molecule has 1 nitrogen and oxygen atoms in total. The number of rotatable bonds is 2. The SMILES string of the molecule is [2H]c1c([2H])c([2H])c(-c2c([2H])c([2H])c(-c3cc(N)cc4ccccc34)c([2H])c2[2H])c([2H])c1[2H]. The molecule has 4 rings (SSSR count). The first-order chi connectivity index (χ1) is 15.1. The van der Waals surface area contributed by atoms with Crippen molar-refractivity contribution in [2.45, 2.75) is 0 Å². The monoisotopic (exact) mass is 304 g/mol. The fourth-order valence-corrected chi connectivity index (χ4v) is 2.49. The number of hydrogen-bond acceptors (Lipinski definition) is 1. The van der Waals surface area contributed by atoms with Crippen LogP contribution >= 0.6 is 0 Å². The molecular formula is C22H17N. The van der Waals surface area contributed by atoms with E-state index in [0.29, 0.717) is 16.6 Å². The fourth-order valence-electron chi connectivity index (χ4n) is 2.49. The van der Waals surface area contributed by atoms with Gasteiger partial charge in [0.25, 0.3) is 0 Å². The van der Waals surface area contributed by atoms with Crippen LogP contribution in [0, 0.1) is 0 Å². The van der Waals surface area contributed by atoms with Gasteiger partial charge in [-0.15, -0.1) is 0 Å². The predicted molar refractivity (Wildman–Crippen MR) is 99.2 cm³/mol. The van der Waals surface area contributed by atoms with E-state index in [1.54, 1.807) is 24.3 Å². The quantitative estimate of drug-likeness (QED) is 0.468. The third-order valence-electron chi connectivity index (χ3n) is 3.53. The van der Waals surface area contributed by atoms with Crippen LogP contribution in [0.4, 0.5) is 5.69 Å². The highest BCUT2D eigenvalue weighted by Gasteiger charge is 2.06. The van der Waals surface area contributed by atoms with Gasteiger partial charge in [0.2, 0.25) is 0 Å². The smallest absolute Gasteiger partial charge is 0.0629 e. The van der Waals surface area contributed by atoms with Gasteiger partial charge >= 0.3 is 0 Å². The van der Waals surface area contributed by atoms with Crippen molar-refractivity contribution in [1.82, 2.24) is 0 Å². The van der Waals surface area contributed by atoms with Crippen LogP contribution in [0.3, 0.4) is 0 Å². The maximum atomic E-state index is 8.61. The van der Waals surface area contributed by atoms with Crippen molar-refractivity contribution < 1.29 is 12.3 Å². The molecule has 0 aliphatic heterocycles. The molecule has 0 unspecified atom stereocenters. The summed E-state index contributed by atoms with van der Waals surface area (Å²) in [6.07, 6.45) is 0. The van der Waals surface area contributed by atoms with Crippen molar-refractivity contribution >= 4 is 16.5 Å². The maximum absolute atomic E-state index is 8.61. The van der Waals surface area contributed by atoms with Gasteiger partial charge in [-0.05, 0) is 45.2 Å². The van der Waals surface area contributed by atoms with E-state index in [1.165, 1.54) is 0 Å². The highest BCUT2D eigenvalue weighted by molar-refractivity contribution is 5.99. The lowest BCUT2D eigenvalue weighted by Crippen LogP contribution is -1.88. The van der Waals surface area contributed by atoms with Crippen molar-refractivity contribution in [3.8, 4) is 22.3 Å². The van der Waals surface area contributed by atoms with Crippen LogP contribution in [-0.4, -0.2) is 0 Å². The zero-order chi connectivity index (χ0) is 23.5. The van der Waals surface area contributed by atoms with Gasteiger partial charge in [-0.2, -0.15) is 0 Å². The second-order valence-corrected chi connectivity index (χ2v) is 5.04. The minimum atomic E-state index is -0.608. The van der Waals surface area contributed by atoms with Crippen molar-refractivity contribution in [1.29, 1.82) is 0 Å². The summed E-state index contributed by atoms with van der Waals surface area (Å²) in [6.45, 7) is 0. The summed E-state index contributed by atoms with van der Waals surface area (Å²) in [4.78, 5) is 0. The van der Waals surface area contributed by atoms with Crippen LogP contribution in [0.1, 0.15) is 12.3 Å². The Morgan fingerprint density at radius 3 is 2.13 bits per heavy atom. The van der Waals surface area contributed by atoms with Gasteiger partial charge in [-0.3, -0.25) is 0 Å². The molecule has 2 N–H and O–H groups in total. The van der Waals surface area contributed by atoms with Gasteiger partial charge in [-0.25, -0.2) is 0 Å². The van der Waals surface area contributed by atoms with E-state index in [0.717, 1.165) is 5.39 Å². The predicted octanol–water partition coefficient (Wildman–Crippen LogP) is 5.76. The van der Waals surface area contributed by atoms with Gasteiger partial charge in [-0.1, -0.05) is 78.6 Å². The molecule has 0 saturated heterocycles. The van der Waals surface area contributed by atoms with Crippen LogP contribution in [0.15, 0.2) is 90.8 Å². The molecule has 110 valence electrons. The molecule has 4 aromatic carbocycles. The topological polar surface area (TPSA) is 26.0 Å². The minimum absolute atomic E-state index is 0.0274. The lowest BCUT2D eigenvalue weighted by molar-refractivity contribution is 1.60. The Balaban J connectivity index is 2.12. The second-order valence-electron chi connectivity index (χ2n) is 5.04. The summed E-state index contributed by atoms with van der Waals surface area (Å²) < 4.78 is 74.2. The number of benzene rings is 4. The first-order valence-corrected chi connectivity index (χ1v) is 7.02. The molecule has 0 aromatic heterocycles. The van der Waals surface area contributed by atoms with Crippen molar-refractivity contribution in [2.75, 3.05) is 5.73 Å². The van der Waals surface area contributed by atoms with E-state index < -0.39 is 42.3 Å². The molecule has 0 radical (unpaired) electrons. The number of fused-ring (bicyclic) bond motifs is 1. The third-order valence-corrected chi connectivity index (χ3v) is 3.53. The van der Waals surface area contributed by atoms with E-state index in [1.807, 2.05) is 12.1 Å². The zero-order valence-corrected chi connectivity index (χ0v) is 12.0. The zero-order valence-electron chi connectivity index (χ0n) is 21.0. The Morgan fingerprint density at radius 1 is 0.696 bits per heavy atom. The van der Waals surface area contributed by atoms with Crippen LogP contribution in [-0.2, 0) is 0 Å². The normalized spacial score (nSPS) is 16.3. The van der Waals surface area contributed by atoms with Crippen molar-refractivity contribution in [2.24, 2.45) is 0 Å². The van der Waals surface area contributed by atoms with E-state index in [2.05, 4.69) is 0 Å². The molecule has 0 amide bonds. The highest BCUT2D eigenvalue weighted by Crippen LogP contribution is 2.32. The summed E-state index contributed by atoms with van der Waals surface area (Å²) in [6, 6.07) is 5.82. The summed E-state index contributed by atoms with van der Waals surface area (Å²) in [5.74, 6) is 0. The fraction of sp³-hybridized carbons (Fsp3) is 0. The molecular weight excluding hydrogens is 278 g/mol. The van der Waals surface area contributed by atoms with Crippen LogP contribution in [0.2, 0.25) is 0 Å². The number of nitrogen functional groups attached to an aromatic ring is 1. The number of hydrogen-bond donors (Lipinski definition) is 1. The average Bonchev–Trinajstić information content (AvgIpc) is 2.77. The molecule has 0 atom stereocenters. The Hall–Kier alpha value is -3.06. The van der Waals surface area contributed by atoms with Gasteiger partial charge < -0.3 is 5.73 Å². The van der Waals surface area contributed by atoms with Crippen LogP contribution < -0.4 is 5.73 Å². The highest BCUT2D eigenvalue weighted by atomic mass is 14.5. The van der Waals surface area contributed by atoms with Crippen molar-refractivity contribution in [3.63, 3.8) is 0 Å². The molecule has 4 aromatic rings. The van der Waals surface area contributed by atoms with Gasteiger partial charge in [0.1, 0.15) is 0 Å². The molecule has 0 fully saturated rings. The van der Waals surface area contributed by atoms with Gasteiger partial charge in [0.15, 0.2) is 0 Å². The van der Waals surface area contributed by atoms with E-state index >= 15 is 0 Å². The Kier molecular flexibility index (Phi) is 1.71. The van der Waals surface area contributed by atoms with Crippen molar-refractivity contribution in [3.05, 3.63) is 90.8 Å². The molecule has 0 aliphatic rings. The van der Waals surface area contributed by atoms with Gasteiger partial charge in [0.05, 0.1) is 12.3 Å². The molecule has 0 bridgehead atoms. The summed E-state index contributed by atoms with van der Waals surface area (Å²) >= 11 is 0. The summed E-state index contributed by atoms with van der Waals surface area (Å²) in [5.41, 5.74) is 6.16. The molecule has 23 heavy (non-hydrogen) atoms. The minimum Gasteiger partial charge on any atom is -0.399 e. The second kappa shape index (κ2) is 5.62. The van der Waals surface area contributed by atoms with Crippen LogP contribution in [0.25, 0.3) is 33.0 Å². The number of nitrogens with two attached hydrogens (primary N) is 1. The van der Waals surface area contributed by atoms with Gasteiger partial charge in [0, 0.05) is 5.69 Å². The Labute approximate surface area is 148 Å². The maximum Gasteiger partial charge on any atom is 0.0629 e. The van der Waals surface area contributed by atoms with E-state index in [4.69, 9.17) is 18.1 Å². The molecule has 0 spiro atoms. The first-order valence-electron chi connectivity index (χ1n) is 11.5. The average molecular weight is 304 g/mol. The molecule has 0 aliphatic carbocycles. The largest absolute Gasteiger partial charge is 0.399 e. The molecule has 0 saturated carbocycles.